The lowest BCUT2D eigenvalue weighted by molar-refractivity contribution is 0.0279. The summed E-state index contributed by atoms with van der Waals surface area (Å²) in [5, 5.41) is 16.6. The molecule has 0 radical (unpaired) electrons. The third-order valence-corrected chi connectivity index (χ3v) is 1.76. The summed E-state index contributed by atoms with van der Waals surface area (Å²) in [5.74, 6) is 0. The van der Waals surface area contributed by atoms with Crippen LogP contribution in [0.2, 0.25) is 0 Å². The minimum Gasteiger partial charge on any atom is -0.390 e. The van der Waals surface area contributed by atoms with Crippen LogP contribution in [0, 0.1) is 0 Å². The first-order chi connectivity index (χ1) is 5.57. The highest BCUT2D eigenvalue weighted by Crippen LogP contribution is 2.25. The fourth-order valence-corrected chi connectivity index (χ4v) is 1.27. The monoisotopic (exact) mass is 170 g/mol. The van der Waals surface area contributed by atoms with Gasteiger partial charge >= 0.3 is 12.0 Å². The normalized spacial score (nSPS) is 20.7. The van der Waals surface area contributed by atoms with Crippen LogP contribution in [-0.2, 0) is 0 Å². The molecule has 0 unspecified atom stereocenters. The Hall–Kier alpha value is -1.30. The van der Waals surface area contributed by atoms with Crippen LogP contribution in [0.4, 0.5) is 12.0 Å². The van der Waals surface area contributed by atoms with Crippen LogP contribution in [0.25, 0.3) is 0 Å². The first kappa shape index (κ1) is 7.35. The summed E-state index contributed by atoms with van der Waals surface area (Å²) in [7, 11) is 0. The maximum atomic E-state index is 9.39. The van der Waals surface area contributed by atoms with Crippen LogP contribution < -0.4 is 10.6 Å². The number of nitrogens with zero attached hydrogens (tertiary/aromatic N) is 3. The van der Waals surface area contributed by atoms with Crippen LogP contribution in [0.3, 0.4) is 0 Å². The molecule has 3 N–H and O–H groups in total. The van der Waals surface area contributed by atoms with E-state index in [9.17, 15) is 5.11 Å². The van der Waals surface area contributed by atoms with Crippen molar-refractivity contribution in [3.8, 4) is 0 Å². The summed E-state index contributed by atoms with van der Waals surface area (Å²) in [5.41, 5.74) is 4.60. The van der Waals surface area contributed by atoms with Crippen LogP contribution in [0.5, 0.6) is 0 Å². The number of rotatable bonds is 1. The van der Waals surface area contributed by atoms with Gasteiger partial charge < -0.3 is 20.2 Å². The van der Waals surface area contributed by atoms with E-state index < -0.39 is 5.60 Å². The Balaban J connectivity index is 2.06. The zero-order valence-corrected chi connectivity index (χ0v) is 6.69. The SMILES string of the molecule is CC1(O)CN(c2nnc(N)o2)C1. The molecule has 0 amide bonds. The van der Waals surface area contributed by atoms with Gasteiger partial charge in [0.25, 0.3) is 0 Å². The predicted octanol–water partition coefficient (Wildman–Crippen LogP) is -0.777. The molecular formula is C6H10N4O2. The standard InChI is InChI=1S/C6H10N4O2/c1-6(11)2-10(3-6)5-9-8-4(7)12-5/h11H,2-3H2,1H3,(H2,7,8). The first-order valence-corrected chi connectivity index (χ1v) is 3.63. The summed E-state index contributed by atoms with van der Waals surface area (Å²) >= 11 is 0. The second kappa shape index (κ2) is 2.10. The van der Waals surface area contributed by atoms with Gasteiger partial charge in [0, 0.05) is 0 Å². The van der Waals surface area contributed by atoms with Crippen LogP contribution >= 0.6 is 0 Å². The van der Waals surface area contributed by atoms with Gasteiger partial charge in [-0.25, -0.2) is 0 Å². The molecule has 0 bridgehead atoms. The number of aromatic nitrogens is 2. The van der Waals surface area contributed by atoms with Gasteiger partial charge in [-0.1, -0.05) is 10.2 Å². The van der Waals surface area contributed by atoms with Gasteiger partial charge in [-0.2, -0.15) is 0 Å². The zero-order chi connectivity index (χ0) is 8.77. The fraction of sp³-hybridized carbons (Fsp3) is 0.667. The van der Waals surface area contributed by atoms with Crippen LogP contribution in [0.1, 0.15) is 6.92 Å². The average molecular weight is 170 g/mol. The molecule has 1 aromatic heterocycles. The molecule has 1 aliphatic rings. The molecule has 1 aliphatic heterocycles. The van der Waals surface area contributed by atoms with Gasteiger partial charge in [-0.05, 0) is 6.92 Å². The Labute approximate surface area is 69.0 Å². The van der Waals surface area contributed by atoms with Crippen molar-refractivity contribution >= 4 is 12.0 Å². The molecule has 1 fully saturated rings. The van der Waals surface area contributed by atoms with Crippen molar-refractivity contribution in [1.82, 2.24) is 10.2 Å². The number of aliphatic hydroxyl groups is 1. The highest BCUT2D eigenvalue weighted by Gasteiger charge is 2.39. The van der Waals surface area contributed by atoms with E-state index in [1.807, 2.05) is 0 Å². The Morgan fingerprint density at radius 1 is 1.58 bits per heavy atom. The number of nitrogens with two attached hydrogens (primary N) is 1. The Morgan fingerprint density at radius 3 is 2.67 bits per heavy atom. The number of nitrogen functional groups attached to an aromatic ring is 1. The lowest BCUT2D eigenvalue weighted by atomic mass is 9.98. The lowest BCUT2D eigenvalue weighted by Gasteiger charge is -2.42. The van der Waals surface area contributed by atoms with Crippen LogP contribution in [-0.4, -0.2) is 34.0 Å². The molecule has 1 aromatic rings. The number of hydrogen-bond acceptors (Lipinski definition) is 6. The van der Waals surface area contributed by atoms with E-state index in [2.05, 4.69) is 10.2 Å². The Bertz CT molecular complexity index is 287. The minimum atomic E-state index is -0.636. The minimum absolute atomic E-state index is 0.0524. The molecule has 6 heteroatoms. The summed E-state index contributed by atoms with van der Waals surface area (Å²) in [6, 6.07) is 0.426. The molecule has 0 saturated carbocycles. The largest absolute Gasteiger partial charge is 0.390 e. The van der Waals surface area contributed by atoms with Crippen molar-refractivity contribution in [2.24, 2.45) is 0 Å². The average Bonchev–Trinajstić information content (AvgIpc) is 2.30. The van der Waals surface area contributed by atoms with Crippen molar-refractivity contribution in [2.45, 2.75) is 12.5 Å². The maximum absolute atomic E-state index is 9.39. The predicted molar refractivity (Wildman–Crippen MR) is 41.5 cm³/mol. The molecule has 0 atom stereocenters. The smallest absolute Gasteiger partial charge is 0.319 e. The van der Waals surface area contributed by atoms with Gasteiger partial charge in [-0.3, -0.25) is 0 Å². The molecule has 66 valence electrons. The fourth-order valence-electron chi connectivity index (χ4n) is 1.27. The van der Waals surface area contributed by atoms with Gasteiger partial charge in [0.05, 0.1) is 18.7 Å². The highest BCUT2D eigenvalue weighted by atomic mass is 16.4. The molecule has 6 nitrogen and oxygen atoms in total. The van der Waals surface area contributed by atoms with Gasteiger partial charge in [0.2, 0.25) is 0 Å². The van der Waals surface area contributed by atoms with Crippen molar-refractivity contribution in [3.63, 3.8) is 0 Å². The second-order valence-electron chi connectivity index (χ2n) is 3.28. The summed E-state index contributed by atoms with van der Waals surface area (Å²) in [4.78, 5) is 1.77. The first-order valence-electron chi connectivity index (χ1n) is 3.63. The van der Waals surface area contributed by atoms with Crippen molar-refractivity contribution < 1.29 is 9.52 Å². The summed E-state index contributed by atoms with van der Waals surface area (Å²) < 4.78 is 4.95. The number of hydrogen-bond donors (Lipinski definition) is 2. The number of anilines is 2. The van der Waals surface area contributed by atoms with Gasteiger partial charge in [-0.15, -0.1) is 0 Å². The maximum Gasteiger partial charge on any atom is 0.319 e. The van der Waals surface area contributed by atoms with E-state index in [1.165, 1.54) is 0 Å². The second-order valence-corrected chi connectivity index (χ2v) is 3.28. The van der Waals surface area contributed by atoms with E-state index in [0.29, 0.717) is 19.1 Å². The molecule has 0 aliphatic carbocycles. The topological polar surface area (TPSA) is 88.4 Å². The Morgan fingerprint density at radius 2 is 2.25 bits per heavy atom. The van der Waals surface area contributed by atoms with Crippen molar-refractivity contribution in [2.75, 3.05) is 23.7 Å². The third kappa shape index (κ3) is 1.10. The molecule has 2 heterocycles. The third-order valence-electron chi connectivity index (χ3n) is 1.76. The summed E-state index contributed by atoms with van der Waals surface area (Å²) in [6.07, 6.45) is 0. The van der Waals surface area contributed by atoms with E-state index in [1.54, 1.807) is 11.8 Å². The Kier molecular flexibility index (Phi) is 1.29. The number of β-amino-alcohol motifs (C(OH)–C–C–N with tert-alkyl or cyclic N) is 1. The van der Waals surface area contributed by atoms with E-state index in [4.69, 9.17) is 10.2 Å². The summed E-state index contributed by atoms with van der Waals surface area (Å²) in [6.45, 7) is 2.77. The zero-order valence-electron chi connectivity index (χ0n) is 6.69. The highest BCUT2D eigenvalue weighted by molar-refractivity contribution is 5.34. The van der Waals surface area contributed by atoms with Gasteiger partial charge in [0.1, 0.15) is 0 Å². The van der Waals surface area contributed by atoms with Crippen molar-refractivity contribution in [3.05, 3.63) is 0 Å². The van der Waals surface area contributed by atoms with E-state index >= 15 is 0 Å². The molecular weight excluding hydrogens is 160 g/mol. The molecule has 1 saturated heterocycles. The van der Waals surface area contributed by atoms with Gasteiger partial charge in [0.15, 0.2) is 0 Å². The molecule has 0 aromatic carbocycles. The molecule has 0 spiro atoms. The van der Waals surface area contributed by atoms with Crippen molar-refractivity contribution in [1.29, 1.82) is 0 Å². The molecule has 2 rings (SSSR count). The lowest BCUT2D eigenvalue weighted by Crippen LogP contribution is -2.60. The molecule has 12 heavy (non-hydrogen) atoms. The van der Waals surface area contributed by atoms with Crippen LogP contribution in [0.15, 0.2) is 4.42 Å². The van der Waals surface area contributed by atoms with E-state index in [-0.39, 0.29) is 6.01 Å². The van der Waals surface area contributed by atoms with E-state index in [0.717, 1.165) is 0 Å². The quantitative estimate of drug-likeness (QED) is 0.575.